The summed E-state index contributed by atoms with van der Waals surface area (Å²) in [4.78, 5) is 57.0. The van der Waals surface area contributed by atoms with E-state index in [1.54, 1.807) is 60.5 Å². The van der Waals surface area contributed by atoms with E-state index in [-0.39, 0.29) is 48.3 Å². The van der Waals surface area contributed by atoms with Gasteiger partial charge in [0.2, 0.25) is 17.7 Å². The van der Waals surface area contributed by atoms with Gasteiger partial charge in [-0.3, -0.25) is 19.2 Å². The van der Waals surface area contributed by atoms with Crippen molar-refractivity contribution in [2.45, 2.75) is 18.3 Å². The molecule has 0 saturated carbocycles. The number of carbonyl (C=O) groups is 4. The van der Waals surface area contributed by atoms with Gasteiger partial charge in [0.25, 0.3) is 0 Å². The summed E-state index contributed by atoms with van der Waals surface area (Å²) in [6.45, 7) is 0.194. The number of esters is 1. The number of benzene rings is 4. The number of amides is 3. The van der Waals surface area contributed by atoms with Crippen LogP contribution in [0.5, 0.6) is 11.5 Å². The zero-order valence-electron chi connectivity index (χ0n) is 23.9. The Morgan fingerprint density at radius 1 is 0.682 bits per heavy atom. The quantitative estimate of drug-likeness (QED) is 0.185. The summed E-state index contributed by atoms with van der Waals surface area (Å²) in [5.74, 6) is -2.35. The Balaban J connectivity index is 1.04. The molecule has 44 heavy (non-hydrogen) atoms. The Morgan fingerprint density at radius 2 is 1.25 bits per heavy atom. The van der Waals surface area contributed by atoms with Gasteiger partial charge < -0.3 is 14.4 Å². The Hall–Kier alpha value is -5.24. The summed E-state index contributed by atoms with van der Waals surface area (Å²) in [5.41, 5.74) is 5.49. The molecule has 2 fully saturated rings. The standard InChI is InChI=1S/C36H28N2O6/c1-43-23-15-13-21(14-16-23)37-19-20(17-29(37)39)36(42)44-24-8-6-7-22(18-24)38-34(40)32-30-25-9-2-3-10-26(25)31(33(32)35(38)41)28-12-5-4-11-27(28)30/h2-16,18,20,30-33H,17,19H2,1H3/t20-,30?,31?,32-,33-/m1/s1. The molecule has 4 aromatic carbocycles. The summed E-state index contributed by atoms with van der Waals surface area (Å²) in [7, 11) is 1.57. The maximum atomic E-state index is 14.1. The number of ether oxygens (including phenoxy) is 2. The summed E-state index contributed by atoms with van der Waals surface area (Å²) in [6, 6.07) is 29.9. The largest absolute Gasteiger partial charge is 0.497 e. The Kier molecular flexibility index (Phi) is 5.94. The third kappa shape index (κ3) is 3.83. The van der Waals surface area contributed by atoms with E-state index in [4.69, 9.17) is 9.47 Å². The molecule has 0 radical (unpaired) electrons. The predicted molar refractivity (Wildman–Crippen MR) is 162 cm³/mol. The van der Waals surface area contributed by atoms with Crippen molar-refractivity contribution < 1.29 is 28.7 Å². The Morgan fingerprint density at radius 3 is 1.80 bits per heavy atom. The summed E-state index contributed by atoms with van der Waals surface area (Å²) in [6.07, 6.45) is 0.0287. The first-order valence-corrected chi connectivity index (χ1v) is 14.8. The highest BCUT2D eigenvalue weighted by molar-refractivity contribution is 6.23. The molecule has 2 saturated heterocycles. The van der Waals surface area contributed by atoms with Crippen molar-refractivity contribution in [3.05, 3.63) is 119 Å². The second kappa shape index (κ2) is 9.91. The number of hydrogen-bond acceptors (Lipinski definition) is 6. The average Bonchev–Trinajstić information content (AvgIpc) is 3.58. The van der Waals surface area contributed by atoms with E-state index >= 15 is 0 Å². The van der Waals surface area contributed by atoms with Gasteiger partial charge in [0.05, 0.1) is 30.6 Å². The second-order valence-corrected chi connectivity index (χ2v) is 11.8. The lowest BCUT2D eigenvalue weighted by Crippen LogP contribution is -2.41. The van der Waals surface area contributed by atoms with Crippen LogP contribution in [-0.4, -0.2) is 37.3 Å². The topological polar surface area (TPSA) is 93.2 Å². The fourth-order valence-electron chi connectivity index (χ4n) is 7.69. The molecule has 3 aliphatic carbocycles. The lowest BCUT2D eigenvalue weighted by atomic mass is 9.55. The van der Waals surface area contributed by atoms with Crippen molar-refractivity contribution in [3.8, 4) is 11.5 Å². The maximum Gasteiger partial charge on any atom is 0.316 e. The van der Waals surface area contributed by atoms with Crippen LogP contribution >= 0.6 is 0 Å². The molecule has 218 valence electrons. The van der Waals surface area contributed by atoms with Crippen LogP contribution in [0, 0.1) is 17.8 Å². The van der Waals surface area contributed by atoms with Gasteiger partial charge >= 0.3 is 5.97 Å². The SMILES string of the molecule is COc1ccc(N2C[C@H](C(=O)Oc3cccc(N4C(=O)[C@@H]5C6c7ccccc7C(c7ccccc76)[C@H]5C4=O)c3)CC2=O)cc1. The number of carbonyl (C=O) groups excluding carboxylic acids is 4. The number of hydrogen-bond donors (Lipinski definition) is 0. The summed E-state index contributed by atoms with van der Waals surface area (Å²) in [5, 5.41) is 0. The van der Waals surface area contributed by atoms with Crippen molar-refractivity contribution in [2.24, 2.45) is 17.8 Å². The van der Waals surface area contributed by atoms with Crippen molar-refractivity contribution in [1.82, 2.24) is 0 Å². The van der Waals surface area contributed by atoms with Gasteiger partial charge in [0.1, 0.15) is 11.5 Å². The second-order valence-electron chi connectivity index (χ2n) is 11.8. The van der Waals surface area contributed by atoms with Crippen LogP contribution in [0.1, 0.15) is 40.5 Å². The molecular formula is C36H28N2O6. The maximum absolute atomic E-state index is 14.1. The minimum Gasteiger partial charge on any atom is -0.497 e. The minimum atomic E-state index is -0.654. The van der Waals surface area contributed by atoms with Gasteiger partial charge in [-0.05, 0) is 58.7 Å². The van der Waals surface area contributed by atoms with Crippen LogP contribution in [0.25, 0.3) is 0 Å². The highest BCUT2D eigenvalue weighted by Crippen LogP contribution is 2.61. The lowest BCUT2D eigenvalue weighted by Gasteiger charge is -2.45. The third-order valence-corrected chi connectivity index (χ3v) is 9.59. The van der Waals surface area contributed by atoms with E-state index < -0.39 is 23.7 Å². The normalized spacial score (nSPS) is 24.7. The first kappa shape index (κ1) is 26.4. The van der Waals surface area contributed by atoms with Gasteiger partial charge in [-0.25, -0.2) is 4.90 Å². The highest BCUT2D eigenvalue weighted by atomic mass is 16.5. The zero-order chi connectivity index (χ0) is 30.1. The molecule has 0 aromatic heterocycles. The fourth-order valence-corrected chi connectivity index (χ4v) is 7.69. The van der Waals surface area contributed by atoms with Crippen molar-refractivity contribution >= 4 is 35.1 Å². The number of anilines is 2. The van der Waals surface area contributed by atoms with Crippen molar-refractivity contribution in [3.63, 3.8) is 0 Å². The lowest BCUT2D eigenvalue weighted by molar-refractivity contribution is -0.139. The van der Waals surface area contributed by atoms with Crippen molar-refractivity contribution in [2.75, 3.05) is 23.5 Å². The molecule has 9 rings (SSSR count). The summed E-state index contributed by atoms with van der Waals surface area (Å²) < 4.78 is 10.9. The van der Waals surface area contributed by atoms with Crippen LogP contribution in [0.15, 0.2) is 97.1 Å². The van der Waals surface area contributed by atoms with Crippen LogP contribution in [0.2, 0.25) is 0 Å². The number of methoxy groups -OCH3 is 1. The molecule has 4 aromatic rings. The van der Waals surface area contributed by atoms with Crippen LogP contribution < -0.4 is 19.3 Å². The minimum absolute atomic E-state index is 0.0287. The number of imide groups is 1. The van der Waals surface area contributed by atoms with Crippen LogP contribution in [0.3, 0.4) is 0 Å². The smallest absolute Gasteiger partial charge is 0.316 e. The van der Waals surface area contributed by atoms with Crippen molar-refractivity contribution in [1.29, 1.82) is 0 Å². The number of rotatable bonds is 5. The van der Waals surface area contributed by atoms with Gasteiger partial charge in [-0.1, -0.05) is 54.6 Å². The summed E-state index contributed by atoms with van der Waals surface area (Å²) >= 11 is 0. The van der Waals surface area contributed by atoms with Gasteiger partial charge in [-0.2, -0.15) is 0 Å². The molecule has 8 heteroatoms. The van der Waals surface area contributed by atoms with E-state index in [2.05, 4.69) is 24.3 Å². The monoisotopic (exact) mass is 584 g/mol. The Bertz CT molecular complexity index is 1750. The molecule has 2 heterocycles. The van der Waals surface area contributed by atoms with E-state index in [0.717, 1.165) is 22.3 Å². The molecule has 2 bridgehead atoms. The molecule has 0 N–H and O–H groups in total. The van der Waals surface area contributed by atoms with E-state index in [1.165, 1.54) is 4.90 Å². The molecule has 0 unspecified atom stereocenters. The zero-order valence-corrected chi connectivity index (χ0v) is 23.9. The molecule has 5 aliphatic rings. The van der Waals surface area contributed by atoms with Gasteiger partial charge in [-0.15, -0.1) is 0 Å². The first-order valence-electron chi connectivity index (χ1n) is 14.8. The van der Waals surface area contributed by atoms with Gasteiger partial charge in [0, 0.05) is 36.6 Å². The molecule has 3 atom stereocenters. The molecule has 2 aliphatic heterocycles. The average molecular weight is 585 g/mol. The van der Waals surface area contributed by atoms with E-state index in [0.29, 0.717) is 17.1 Å². The fraction of sp³-hybridized carbons (Fsp3) is 0.222. The highest BCUT2D eigenvalue weighted by Gasteiger charge is 2.61. The molecule has 3 amide bonds. The first-order chi connectivity index (χ1) is 21.4. The van der Waals surface area contributed by atoms with Crippen LogP contribution in [0.4, 0.5) is 11.4 Å². The Labute approximate surface area is 253 Å². The predicted octanol–water partition coefficient (Wildman–Crippen LogP) is 5.05. The van der Waals surface area contributed by atoms with Gasteiger partial charge in [0.15, 0.2) is 0 Å². The molecular weight excluding hydrogens is 556 g/mol. The van der Waals surface area contributed by atoms with Crippen LogP contribution in [-0.2, 0) is 19.2 Å². The number of nitrogens with zero attached hydrogens (tertiary/aromatic N) is 2. The van der Waals surface area contributed by atoms with E-state index in [9.17, 15) is 19.2 Å². The van der Waals surface area contributed by atoms with E-state index in [1.807, 2.05) is 24.3 Å². The molecule has 8 nitrogen and oxygen atoms in total. The third-order valence-electron chi connectivity index (χ3n) is 9.59. The molecule has 0 spiro atoms.